The van der Waals surface area contributed by atoms with Gasteiger partial charge in [0.25, 0.3) is 0 Å². The fourth-order valence-electron chi connectivity index (χ4n) is 2.43. The Bertz CT molecular complexity index is 577. The Morgan fingerprint density at radius 3 is 2.74 bits per heavy atom. The molecular weight excluding hydrogens is 369 g/mol. The van der Waals surface area contributed by atoms with Crippen LogP contribution in [-0.2, 0) is 11.3 Å². The maximum atomic E-state index is 13.6. The summed E-state index contributed by atoms with van der Waals surface area (Å²) in [6.07, 6.45) is 0.972. The largest absolute Gasteiger partial charge is 0.453 e. The molecule has 0 unspecified atom stereocenters. The van der Waals surface area contributed by atoms with Crippen molar-refractivity contribution < 1.29 is 18.7 Å². The number of nitrogens with one attached hydrogen (secondary N) is 2. The van der Waals surface area contributed by atoms with Gasteiger partial charge < -0.3 is 20.3 Å². The van der Waals surface area contributed by atoms with Crippen LogP contribution in [0.5, 0.6) is 0 Å². The van der Waals surface area contributed by atoms with Crippen molar-refractivity contribution in [1.82, 2.24) is 15.5 Å². The number of halogens is 2. The summed E-state index contributed by atoms with van der Waals surface area (Å²) in [4.78, 5) is 24.9. The van der Waals surface area contributed by atoms with Crippen molar-refractivity contribution >= 4 is 28.1 Å². The average molecular weight is 388 g/mol. The Labute approximate surface area is 142 Å². The van der Waals surface area contributed by atoms with Crippen molar-refractivity contribution in [3.63, 3.8) is 0 Å². The molecule has 1 aromatic carbocycles. The smallest absolute Gasteiger partial charge is 0.409 e. The highest BCUT2D eigenvalue weighted by Crippen LogP contribution is 2.15. The quantitative estimate of drug-likeness (QED) is 0.837. The molecule has 1 heterocycles. The van der Waals surface area contributed by atoms with Gasteiger partial charge in [-0.2, -0.15) is 0 Å². The normalized spacial score (nSPS) is 15.2. The predicted molar refractivity (Wildman–Crippen MR) is 86.5 cm³/mol. The van der Waals surface area contributed by atoms with E-state index in [1.165, 1.54) is 13.2 Å². The van der Waals surface area contributed by atoms with Crippen molar-refractivity contribution in [3.8, 4) is 0 Å². The molecule has 126 valence electrons. The summed E-state index contributed by atoms with van der Waals surface area (Å²) in [6.45, 7) is 1.19. The molecule has 1 aromatic rings. The lowest BCUT2D eigenvalue weighted by atomic mass is 10.1. The number of likely N-dealkylation sites (tertiary alicyclic amines) is 1. The first kappa shape index (κ1) is 17.5. The number of rotatable bonds is 3. The van der Waals surface area contributed by atoms with Crippen molar-refractivity contribution in [2.24, 2.45) is 0 Å². The number of carbonyl (C=O) groups excluding carboxylic acids is 2. The van der Waals surface area contributed by atoms with Gasteiger partial charge >= 0.3 is 12.1 Å². The van der Waals surface area contributed by atoms with Crippen LogP contribution in [0.1, 0.15) is 18.4 Å². The van der Waals surface area contributed by atoms with E-state index in [0.29, 0.717) is 31.5 Å². The molecule has 3 amide bonds. The van der Waals surface area contributed by atoms with Gasteiger partial charge in [-0.25, -0.2) is 14.0 Å². The Kier molecular flexibility index (Phi) is 6.20. The predicted octanol–water partition coefficient (Wildman–Crippen LogP) is 2.62. The van der Waals surface area contributed by atoms with E-state index in [1.54, 1.807) is 17.0 Å². The van der Waals surface area contributed by atoms with Gasteiger partial charge in [-0.05, 0) is 31.0 Å². The van der Waals surface area contributed by atoms with Crippen LogP contribution in [-0.4, -0.2) is 43.3 Å². The van der Waals surface area contributed by atoms with E-state index in [9.17, 15) is 14.0 Å². The van der Waals surface area contributed by atoms with Crippen LogP contribution in [0, 0.1) is 5.82 Å². The van der Waals surface area contributed by atoms with Crippen LogP contribution in [0.25, 0.3) is 0 Å². The molecule has 0 aromatic heterocycles. The first-order valence-corrected chi connectivity index (χ1v) is 8.10. The van der Waals surface area contributed by atoms with Gasteiger partial charge in [0.1, 0.15) is 5.82 Å². The summed E-state index contributed by atoms with van der Waals surface area (Å²) in [5, 5.41) is 5.48. The number of piperidine rings is 1. The van der Waals surface area contributed by atoms with Crippen molar-refractivity contribution in [3.05, 3.63) is 34.1 Å². The monoisotopic (exact) mass is 387 g/mol. The first-order valence-electron chi connectivity index (χ1n) is 7.30. The van der Waals surface area contributed by atoms with E-state index in [2.05, 4.69) is 31.3 Å². The lowest BCUT2D eigenvalue weighted by Crippen LogP contribution is -2.49. The number of methoxy groups -OCH3 is 1. The third-order valence-corrected chi connectivity index (χ3v) is 4.20. The number of benzene rings is 1. The lowest BCUT2D eigenvalue weighted by molar-refractivity contribution is 0.110. The fraction of sp³-hybridized carbons (Fsp3) is 0.467. The molecule has 8 heteroatoms. The van der Waals surface area contributed by atoms with Gasteiger partial charge in [-0.3, -0.25) is 0 Å². The van der Waals surface area contributed by atoms with Gasteiger partial charge in [-0.1, -0.05) is 15.9 Å². The minimum atomic E-state index is -0.361. The maximum absolute atomic E-state index is 13.6. The summed E-state index contributed by atoms with van der Waals surface area (Å²) in [6, 6.07) is 4.23. The van der Waals surface area contributed by atoms with Crippen LogP contribution in [0.15, 0.2) is 22.7 Å². The highest BCUT2D eigenvalue weighted by atomic mass is 79.9. The minimum Gasteiger partial charge on any atom is -0.453 e. The molecule has 0 atom stereocenters. The van der Waals surface area contributed by atoms with Crippen LogP contribution in [0.3, 0.4) is 0 Å². The molecule has 2 rings (SSSR count). The Hall–Kier alpha value is -1.83. The number of amides is 3. The number of hydrogen-bond donors (Lipinski definition) is 2. The summed E-state index contributed by atoms with van der Waals surface area (Å²) >= 11 is 3.27. The van der Waals surface area contributed by atoms with Crippen molar-refractivity contribution in [2.75, 3.05) is 20.2 Å². The zero-order valence-corrected chi connectivity index (χ0v) is 14.4. The first-order chi connectivity index (χ1) is 11.0. The third kappa shape index (κ3) is 5.09. The highest BCUT2D eigenvalue weighted by Gasteiger charge is 2.24. The second kappa shape index (κ2) is 8.14. The van der Waals surface area contributed by atoms with E-state index >= 15 is 0 Å². The van der Waals surface area contributed by atoms with E-state index in [4.69, 9.17) is 0 Å². The van der Waals surface area contributed by atoms with Crippen molar-refractivity contribution in [2.45, 2.75) is 25.4 Å². The topological polar surface area (TPSA) is 70.7 Å². The van der Waals surface area contributed by atoms with Crippen molar-refractivity contribution in [1.29, 1.82) is 0 Å². The number of hydrogen-bond acceptors (Lipinski definition) is 3. The molecule has 0 bridgehead atoms. The van der Waals surface area contributed by atoms with Gasteiger partial charge in [0, 0.05) is 35.7 Å². The summed E-state index contributed by atoms with van der Waals surface area (Å²) in [7, 11) is 1.35. The number of urea groups is 1. The molecule has 6 nitrogen and oxygen atoms in total. The molecule has 0 spiro atoms. The molecular formula is C15H19BrFN3O3. The molecule has 1 saturated heterocycles. The van der Waals surface area contributed by atoms with Crippen LogP contribution in [0.2, 0.25) is 0 Å². The van der Waals surface area contributed by atoms with Gasteiger partial charge in [0.15, 0.2) is 0 Å². The molecule has 23 heavy (non-hydrogen) atoms. The average Bonchev–Trinajstić information content (AvgIpc) is 2.55. The summed E-state index contributed by atoms with van der Waals surface area (Å²) in [5.74, 6) is -0.361. The number of carbonyl (C=O) groups is 2. The lowest BCUT2D eigenvalue weighted by Gasteiger charge is -2.31. The highest BCUT2D eigenvalue weighted by molar-refractivity contribution is 9.10. The second-order valence-corrected chi connectivity index (χ2v) is 6.21. The van der Waals surface area contributed by atoms with Crippen LogP contribution < -0.4 is 10.6 Å². The molecule has 2 N–H and O–H groups in total. The van der Waals surface area contributed by atoms with Crippen LogP contribution >= 0.6 is 15.9 Å². The molecule has 0 saturated carbocycles. The third-order valence-electron chi connectivity index (χ3n) is 3.71. The zero-order chi connectivity index (χ0) is 16.8. The molecule has 1 aliphatic rings. The molecule has 1 fully saturated rings. The molecule has 0 aliphatic carbocycles. The van der Waals surface area contributed by atoms with Gasteiger partial charge in [-0.15, -0.1) is 0 Å². The fourth-order valence-corrected chi connectivity index (χ4v) is 2.83. The standard InChI is InChI=1S/C15H19BrFN3O3/c1-23-15(22)20-6-4-12(5-7-20)19-14(21)18-9-10-8-11(16)2-3-13(10)17/h2-3,8,12H,4-7,9H2,1H3,(H2,18,19,21). The Morgan fingerprint density at radius 2 is 2.09 bits per heavy atom. The van der Waals surface area contributed by atoms with E-state index in [1.807, 2.05) is 0 Å². The van der Waals surface area contributed by atoms with E-state index < -0.39 is 0 Å². The Balaban J connectivity index is 1.75. The summed E-state index contributed by atoms with van der Waals surface area (Å²) in [5.41, 5.74) is 0.412. The van der Waals surface area contributed by atoms with E-state index in [-0.39, 0.29) is 30.5 Å². The molecule has 1 aliphatic heterocycles. The zero-order valence-electron chi connectivity index (χ0n) is 12.8. The minimum absolute atomic E-state index is 0.0109. The summed E-state index contributed by atoms with van der Waals surface area (Å²) < 4.78 is 19.0. The number of nitrogens with zero attached hydrogens (tertiary/aromatic N) is 1. The van der Waals surface area contributed by atoms with Crippen LogP contribution in [0.4, 0.5) is 14.0 Å². The number of ether oxygens (including phenoxy) is 1. The van der Waals surface area contributed by atoms with Gasteiger partial charge in [0.2, 0.25) is 0 Å². The Morgan fingerprint density at radius 1 is 1.39 bits per heavy atom. The second-order valence-electron chi connectivity index (χ2n) is 5.29. The maximum Gasteiger partial charge on any atom is 0.409 e. The molecule has 0 radical (unpaired) electrons. The van der Waals surface area contributed by atoms with Gasteiger partial charge in [0.05, 0.1) is 7.11 Å². The van der Waals surface area contributed by atoms with E-state index in [0.717, 1.165) is 4.47 Å². The SMILES string of the molecule is COC(=O)N1CCC(NC(=O)NCc2cc(Br)ccc2F)CC1.